The molecular weight excluding hydrogens is 249 g/mol. The molecule has 0 radical (unpaired) electrons. The fourth-order valence-corrected chi connectivity index (χ4v) is 1.70. The van der Waals surface area contributed by atoms with Crippen LogP contribution in [0.5, 0.6) is 0 Å². The van der Waals surface area contributed by atoms with Gasteiger partial charge in [0.05, 0.1) is 10.0 Å². The van der Waals surface area contributed by atoms with Gasteiger partial charge in [-0.25, -0.2) is 0 Å². The average Bonchev–Trinajstić information content (AvgIpc) is 2.21. The molecule has 5 heteroatoms. The largest absolute Gasteiger partial charge is 0.481 e. The number of hydrogen-bond donors (Lipinski definition) is 2. The van der Waals surface area contributed by atoms with Crippen LogP contribution in [0.15, 0.2) is 18.2 Å². The number of carboxylic acids is 1. The van der Waals surface area contributed by atoms with E-state index >= 15 is 0 Å². The monoisotopic (exact) mass is 261 g/mol. The molecule has 0 fully saturated rings. The Morgan fingerprint density at radius 1 is 1.38 bits per heavy atom. The first kappa shape index (κ1) is 13.3. The third-order valence-electron chi connectivity index (χ3n) is 2.21. The summed E-state index contributed by atoms with van der Waals surface area (Å²) in [6, 6.07) is 5.14. The molecule has 1 atom stereocenters. The van der Waals surface area contributed by atoms with Gasteiger partial charge in [0.2, 0.25) is 0 Å². The molecule has 0 bridgehead atoms. The maximum Gasteiger partial charge on any atom is 0.303 e. The van der Waals surface area contributed by atoms with Gasteiger partial charge >= 0.3 is 5.97 Å². The number of rotatable bonds is 5. The van der Waals surface area contributed by atoms with E-state index in [9.17, 15) is 4.79 Å². The zero-order chi connectivity index (χ0) is 12.1. The van der Waals surface area contributed by atoms with E-state index in [0.29, 0.717) is 22.9 Å². The quantitative estimate of drug-likeness (QED) is 0.857. The second-order valence-corrected chi connectivity index (χ2v) is 4.46. The van der Waals surface area contributed by atoms with Gasteiger partial charge in [-0.3, -0.25) is 4.79 Å². The van der Waals surface area contributed by atoms with Crippen LogP contribution in [0.4, 0.5) is 0 Å². The van der Waals surface area contributed by atoms with Crippen molar-refractivity contribution in [2.45, 2.75) is 25.3 Å². The molecule has 1 rings (SSSR count). The second kappa shape index (κ2) is 6.09. The molecular formula is C11H13Cl2NO2. The van der Waals surface area contributed by atoms with Crippen molar-refractivity contribution in [3.63, 3.8) is 0 Å². The van der Waals surface area contributed by atoms with Crippen LogP contribution in [0.1, 0.15) is 18.4 Å². The SMILES string of the molecule is NC(CCC(=O)O)Cc1ccc(Cl)c(Cl)c1. The lowest BCUT2D eigenvalue weighted by Gasteiger charge is -2.10. The Labute approximate surface area is 104 Å². The summed E-state index contributed by atoms with van der Waals surface area (Å²) < 4.78 is 0. The van der Waals surface area contributed by atoms with Crippen molar-refractivity contribution in [3.05, 3.63) is 33.8 Å². The Morgan fingerprint density at radius 2 is 2.06 bits per heavy atom. The summed E-state index contributed by atoms with van der Waals surface area (Å²) in [4.78, 5) is 10.4. The third kappa shape index (κ3) is 4.39. The van der Waals surface area contributed by atoms with Crippen molar-refractivity contribution >= 4 is 29.2 Å². The van der Waals surface area contributed by atoms with Crippen molar-refractivity contribution in [2.24, 2.45) is 5.73 Å². The first-order valence-corrected chi connectivity index (χ1v) is 5.66. The highest BCUT2D eigenvalue weighted by molar-refractivity contribution is 6.42. The van der Waals surface area contributed by atoms with Gasteiger partial charge < -0.3 is 10.8 Å². The van der Waals surface area contributed by atoms with Crippen LogP contribution in [-0.2, 0) is 11.2 Å². The zero-order valence-corrected chi connectivity index (χ0v) is 10.1. The summed E-state index contributed by atoms with van der Waals surface area (Å²) in [5.41, 5.74) is 6.77. The molecule has 1 unspecified atom stereocenters. The number of benzene rings is 1. The topological polar surface area (TPSA) is 63.3 Å². The van der Waals surface area contributed by atoms with E-state index in [1.165, 1.54) is 0 Å². The highest BCUT2D eigenvalue weighted by Crippen LogP contribution is 2.23. The van der Waals surface area contributed by atoms with Crippen molar-refractivity contribution in [1.82, 2.24) is 0 Å². The Balaban J connectivity index is 2.52. The molecule has 1 aromatic carbocycles. The van der Waals surface area contributed by atoms with Crippen LogP contribution < -0.4 is 5.73 Å². The van der Waals surface area contributed by atoms with Gasteiger partial charge in [0.25, 0.3) is 0 Å². The van der Waals surface area contributed by atoms with Gasteiger partial charge in [-0.05, 0) is 30.5 Å². The van der Waals surface area contributed by atoms with Gasteiger partial charge in [-0.1, -0.05) is 29.3 Å². The predicted octanol–water partition coefficient (Wildman–Crippen LogP) is 2.73. The van der Waals surface area contributed by atoms with E-state index in [0.717, 1.165) is 5.56 Å². The molecule has 16 heavy (non-hydrogen) atoms. The standard InChI is InChI=1S/C11H13Cl2NO2/c12-9-3-1-7(6-10(9)13)5-8(14)2-4-11(15)16/h1,3,6,8H,2,4-5,14H2,(H,15,16). The van der Waals surface area contributed by atoms with E-state index in [1.54, 1.807) is 12.1 Å². The highest BCUT2D eigenvalue weighted by atomic mass is 35.5. The van der Waals surface area contributed by atoms with E-state index < -0.39 is 5.97 Å². The molecule has 0 aliphatic heterocycles. The van der Waals surface area contributed by atoms with Crippen molar-refractivity contribution in [2.75, 3.05) is 0 Å². The molecule has 0 saturated heterocycles. The number of halogens is 2. The molecule has 3 N–H and O–H groups in total. The van der Waals surface area contributed by atoms with Gasteiger partial charge in [0, 0.05) is 12.5 Å². The number of carbonyl (C=O) groups is 1. The number of carboxylic acid groups (broad SMARTS) is 1. The molecule has 0 saturated carbocycles. The summed E-state index contributed by atoms with van der Waals surface area (Å²) in [5.74, 6) is -0.829. The van der Waals surface area contributed by atoms with Gasteiger partial charge in [-0.15, -0.1) is 0 Å². The molecule has 88 valence electrons. The third-order valence-corrected chi connectivity index (χ3v) is 2.95. The smallest absolute Gasteiger partial charge is 0.303 e. The molecule has 0 amide bonds. The Morgan fingerprint density at radius 3 is 2.62 bits per heavy atom. The van der Waals surface area contributed by atoms with Gasteiger partial charge in [-0.2, -0.15) is 0 Å². The molecule has 0 aliphatic carbocycles. The maximum atomic E-state index is 10.4. The van der Waals surface area contributed by atoms with Crippen molar-refractivity contribution < 1.29 is 9.90 Å². The molecule has 1 aromatic rings. The molecule has 3 nitrogen and oxygen atoms in total. The first-order chi connectivity index (χ1) is 7.49. The summed E-state index contributed by atoms with van der Waals surface area (Å²) >= 11 is 11.6. The second-order valence-electron chi connectivity index (χ2n) is 3.65. The van der Waals surface area contributed by atoms with Crippen LogP contribution in [0, 0.1) is 0 Å². The summed E-state index contributed by atoms with van der Waals surface area (Å²) in [5, 5.41) is 9.51. The van der Waals surface area contributed by atoms with E-state index in [1.807, 2.05) is 6.07 Å². The predicted molar refractivity (Wildman–Crippen MR) is 65.0 cm³/mol. The average molecular weight is 262 g/mol. The Hall–Kier alpha value is -0.770. The van der Waals surface area contributed by atoms with Gasteiger partial charge in [0.1, 0.15) is 0 Å². The van der Waals surface area contributed by atoms with Crippen LogP contribution in [-0.4, -0.2) is 17.1 Å². The van der Waals surface area contributed by atoms with E-state index in [-0.39, 0.29) is 12.5 Å². The maximum absolute atomic E-state index is 10.4. The van der Waals surface area contributed by atoms with Crippen LogP contribution in [0.3, 0.4) is 0 Å². The minimum absolute atomic E-state index is 0.0858. The lowest BCUT2D eigenvalue weighted by molar-refractivity contribution is -0.137. The summed E-state index contributed by atoms with van der Waals surface area (Å²) in [6.45, 7) is 0. The van der Waals surface area contributed by atoms with Crippen LogP contribution >= 0.6 is 23.2 Å². The fourth-order valence-electron chi connectivity index (χ4n) is 1.38. The summed E-state index contributed by atoms with van der Waals surface area (Å²) in [7, 11) is 0. The normalized spacial score (nSPS) is 12.4. The lowest BCUT2D eigenvalue weighted by Crippen LogP contribution is -2.23. The Bertz CT molecular complexity index is 382. The van der Waals surface area contributed by atoms with Crippen LogP contribution in [0.25, 0.3) is 0 Å². The number of nitrogens with two attached hydrogens (primary N) is 1. The van der Waals surface area contributed by atoms with Crippen molar-refractivity contribution in [3.8, 4) is 0 Å². The van der Waals surface area contributed by atoms with Crippen molar-refractivity contribution in [1.29, 1.82) is 0 Å². The minimum Gasteiger partial charge on any atom is -0.481 e. The van der Waals surface area contributed by atoms with Gasteiger partial charge in [0.15, 0.2) is 0 Å². The van der Waals surface area contributed by atoms with E-state index in [4.69, 9.17) is 34.0 Å². The van der Waals surface area contributed by atoms with Crippen LogP contribution in [0.2, 0.25) is 10.0 Å². The summed E-state index contributed by atoms with van der Waals surface area (Å²) in [6.07, 6.45) is 1.14. The number of hydrogen-bond acceptors (Lipinski definition) is 2. The zero-order valence-electron chi connectivity index (χ0n) is 8.62. The minimum atomic E-state index is -0.829. The fraction of sp³-hybridized carbons (Fsp3) is 0.364. The highest BCUT2D eigenvalue weighted by Gasteiger charge is 2.08. The van der Waals surface area contributed by atoms with E-state index in [2.05, 4.69) is 0 Å². The lowest BCUT2D eigenvalue weighted by atomic mass is 10.0. The molecule has 0 aliphatic rings. The Kier molecular flexibility index (Phi) is 5.06. The molecule has 0 heterocycles. The molecule has 0 spiro atoms. The first-order valence-electron chi connectivity index (χ1n) is 4.90. The molecule has 0 aromatic heterocycles. The number of aliphatic carboxylic acids is 1.